The summed E-state index contributed by atoms with van der Waals surface area (Å²) in [4.78, 5) is 102. The monoisotopic (exact) mass is 2120 g/mol. The number of sulfone groups is 4. The Hall–Kier alpha value is -11.7. The van der Waals surface area contributed by atoms with Crippen LogP contribution in [-0.4, -0.2) is 186 Å². The Morgan fingerprint density at radius 3 is 1.04 bits per heavy atom. The maximum Gasteiger partial charge on any atom is 0.461 e. The number of anilines is 8. The van der Waals surface area contributed by atoms with Crippen molar-refractivity contribution < 1.29 is 134 Å². The topological polar surface area (TPSA) is 340 Å². The van der Waals surface area contributed by atoms with Gasteiger partial charge in [0.2, 0.25) is 23.6 Å². The Balaban J connectivity index is 0.000000163. The van der Waals surface area contributed by atoms with E-state index in [1.807, 2.05) is 58.6 Å². The molecule has 4 aromatic heterocycles. The SMILES string of the molecule is C=C1N(c2cc(OC(F)(F)C(F)F)ccn2)c2cc(F)c(C(=O)CC3(C)CCS(=O)(=O)CC3)cc2C1(C)C.C=C1N(c2cc(OCC(F)F)ccn2)c2ccc(C(=O)CC3(C)CCS(=O)(=O)CC3)cc2C1(C)C.Cc1cnc(OCC(F)F)cc1N1C(=O)C(C)(C)c2cc(C(=O)CC3(C)CCS(=O)(=O)CC3)c(F)cc21.Cc1cnc(OCC(F)F)cc1N1C(=O)C(C)(C)c2cc(C(=O)CC3(C)CCS(=O)(=O)CC3)ccc21. The standard InChI is InChI=1S/C26H27F5N2O4S.C26H29F3N2O5S.C26H30F2N2O5S.C26H30F2N2O4S/c1-15-24(2,3)18-12-17(21(34)14-25(4)6-9-38(35,36)10-7-25)19(27)13-20(18)33(15)22-11-16(5-8-32-22)37-26(30,31)23(28)29;1-15-13-30-23(36-14-22(28)29)11-19(15)31-20-10-18(27)16(9-17(20)25(2,3)24(31)33)21(32)12-26(4)5-7-37(34,35)8-6-26;1-16-14-29-23(35-15-22(27)28)12-20(16)30-19-6-5-17(11-18(19)25(2,3)24(30)32)21(31)13-26(4)7-9-36(33,34)10-8-26;1-17-25(2,3)20-13-18(22(31)15-26(4)8-11-35(32,33)12-9-26)5-6-21(20)30(17)24-14-19(7-10-29-24)34-16-23(27)28/h5,8,11-13,23H,1,6-7,9-10,14H2,2-4H3;9-11,13,22H,5-8,12,14H2,1-4H3;5-6,11-12,14,22H,7-10,13,15H2,1-4H3;5-7,10,13-14,23H,1,8-9,11-12,15-16H2,2-4H3. The number of aromatic nitrogens is 4. The number of aryl methyl sites for hydroxylation is 2. The molecule has 2 amide bonds. The second-order valence-corrected chi connectivity index (χ2v) is 51.4. The molecule has 0 saturated carbocycles. The molecule has 26 nitrogen and oxygen atoms in total. The molecule has 146 heavy (non-hydrogen) atoms. The lowest BCUT2D eigenvalue weighted by atomic mass is 9.77. The van der Waals surface area contributed by atoms with Crippen molar-refractivity contribution in [3.05, 3.63) is 214 Å². The predicted molar refractivity (Wildman–Crippen MR) is 527 cm³/mol. The first-order valence-corrected chi connectivity index (χ1v) is 54.4. The lowest BCUT2D eigenvalue weighted by molar-refractivity contribution is -0.253. The number of benzene rings is 4. The number of Topliss-reactive ketones (excluding diaryl/α,β-unsaturated/α-hetero) is 4. The molecule has 0 N–H and O–H groups in total. The molecule has 0 atom stereocenters. The van der Waals surface area contributed by atoms with Crippen LogP contribution in [0.2, 0.25) is 0 Å². The zero-order valence-electron chi connectivity index (χ0n) is 83.1. The lowest BCUT2D eigenvalue weighted by Crippen LogP contribution is -2.33. The molecule has 0 radical (unpaired) electrons. The van der Waals surface area contributed by atoms with E-state index in [1.54, 1.807) is 85.7 Å². The van der Waals surface area contributed by atoms with Gasteiger partial charge in [0.15, 0.2) is 36.3 Å². The minimum atomic E-state index is -4.72. The average Bonchev–Trinajstić information content (AvgIpc) is 1.60. The smallest absolute Gasteiger partial charge is 0.461 e. The third-order valence-electron chi connectivity index (χ3n) is 29.1. The van der Waals surface area contributed by atoms with E-state index in [-0.39, 0.29) is 152 Å². The molecule has 4 fully saturated rings. The maximum absolute atomic E-state index is 15.4. The van der Waals surface area contributed by atoms with Gasteiger partial charge >= 0.3 is 12.5 Å². The maximum atomic E-state index is 15.4. The van der Waals surface area contributed by atoms with Gasteiger partial charge in [-0.15, -0.1) is 0 Å². The van der Waals surface area contributed by atoms with Crippen LogP contribution in [0.3, 0.4) is 0 Å². The highest BCUT2D eigenvalue weighted by atomic mass is 32.2. The van der Waals surface area contributed by atoms with Gasteiger partial charge in [0.05, 0.1) is 102 Å². The fraction of sp³-hybridized carbons (Fsp3) is 0.481. The van der Waals surface area contributed by atoms with E-state index in [1.165, 1.54) is 63.6 Å². The van der Waals surface area contributed by atoms with Crippen LogP contribution < -0.4 is 38.5 Å². The van der Waals surface area contributed by atoms with Gasteiger partial charge in [0.25, 0.3) is 19.3 Å². The fourth-order valence-electron chi connectivity index (χ4n) is 19.2. The molecule has 788 valence electrons. The summed E-state index contributed by atoms with van der Waals surface area (Å²) >= 11 is 0. The van der Waals surface area contributed by atoms with Crippen LogP contribution in [0.25, 0.3) is 0 Å². The number of halogens is 12. The summed E-state index contributed by atoms with van der Waals surface area (Å²) in [5, 5.41) is 0. The van der Waals surface area contributed by atoms with Gasteiger partial charge in [0.1, 0.15) is 80.7 Å². The van der Waals surface area contributed by atoms with Gasteiger partial charge in [-0.25, -0.2) is 88.7 Å². The molecule has 8 aromatic rings. The van der Waals surface area contributed by atoms with E-state index in [4.69, 9.17) is 14.2 Å². The lowest BCUT2D eigenvalue weighted by Gasteiger charge is -2.32. The summed E-state index contributed by atoms with van der Waals surface area (Å²) in [6, 6.07) is 23.7. The van der Waals surface area contributed by atoms with Crippen molar-refractivity contribution in [2.24, 2.45) is 21.7 Å². The summed E-state index contributed by atoms with van der Waals surface area (Å²) in [5.74, 6) is -2.83. The van der Waals surface area contributed by atoms with Crippen LogP contribution in [0.1, 0.15) is 235 Å². The highest BCUT2D eigenvalue weighted by Crippen LogP contribution is 2.56. The van der Waals surface area contributed by atoms with Crippen LogP contribution in [0.4, 0.5) is 98.4 Å². The van der Waals surface area contributed by atoms with Crippen molar-refractivity contribution >= 4 is 120 Å². The molecule has 4 saturated heterocycles. The van der Waals surface area contributed by atoms with Crippen LogP contribution in [0.5, 0.6) is 23.3 Å². The van der Waals surface area contributed by atoms with Crippen molar-refractivity contribution in [2.45, 2.75) is 227 Å². The fourth-order valence-corrected chi connectivity index (χ4v) is 26.4. The van der Waals surface area contributed by atoms with E-state index < -0.39 is 152 Å². The van der Waals surface area contributed by atoms with Gasteiger partial charge in [-0.05, 0) is 221 Å². The van der Waals surface area contributed by atoms with Gasteiger partial charge < -0.3 is 18.9 Å². The minimum Gasteiger partial charge on any atom is -0.487 e. The Labute approximate surface area is 840 Å². The molecule has 12 heterocycles. The van der Waals surface area contributed by atoms with Crippen molar-refractivity contribution in [1.82, 2.24) is 19.9 Å². The number of amides is 2. The molecule has 4 aromatic carbocycles. The minimum absolute atomic E-state index is 0.00571. The van der Waals surface area contributed by atoms with E-state index >= 15 is 8.78 Å². The number of pyridine rings is 4. The first kappa shape index (κ1) is 112. The van der Waals surface area contributed by atoms with Crippen molar-refractivity contribution in [1.29, 1.82) is 0 Å². The summed E-state index contributed by atoms with van der Waals surface area (Å²) in [5.41, 5.74) is 3.07. The van der Waals surface area contributed by atoms with Crippen LogP contribution in [0.15, 0.2) is 146 Å². The highest BCUT2D eigenvalue weighted by Gasteiger charge is 2.52. The molecular formula is C104H116F12N8O18S4. The number of hydrogen-bond acceptors (Lipinski definition) is 24. The van der Waals surface area contributed by atoms with Crippen molar-refractivity contribution in [3.8, 4) is 23.3 Å². The van der Waals surface area contributed by atoms with Gasteiger partial charge in [0, 0.05) is 108 Å². The van der Waals surface area contributed by atoms with E-state index in [9.17, 15) is 106 Å². The molecule has 8 aliphatic heterocycles. The summed E-state index contributed by atoms with van der Waals surface area (Å²) < 4.78 is 272. The molecule has 0 unspecified atom stereocenters. The summed E-state index contributed by atoms with van der Waals surface area (Å²) in [6.45, 7) is 31.4. The molecule has 42 heteroatoms. The summed E-state index contributed by atoms with van der Waals surface area (Å²) in [7, 11) is -12.3. The van der Waals surface area contributed by atoms with Gasteiger partial charge in [-0.2, -0.15) is 17.6 Å². The van der Waals surface area contributed by atoms with Gasteiger partial charge in [-0.3, -0.25) is 48.4 Å². The van der Waals surface area contributed by atoms with Crippen LogP contribution in [-0.2, 0) is 70.6 Å². The number of rotatable bonds is 28. The van der Waals surface area contributed by atoms with E-state index in [0.29, 0.717) is 119 Å². The second-order valence-electron chi connectivity index (χ2n) is 42.1. The normalized spacial score (nSPS) is 19.9. The number of allylic oxidation sites excluding steroid dienone is 2. The quantitative estimate of drug-likeness (QED) is 0.0325. The molecule has 0 aliphatic carbocycles. The molecule has 0 spiro atoms. The van der Waals surface area contributed by atoms with Crippen LogP contribution in [0, 0.1) is 47.1 Å². The molecular weight excluding hydrogens is 2010 g/mol. The Kier molecular flexibility index (Phi) is 31.7. The van der Waals surface area contributed by atoms with E-state index in [2.05, 4.69) is 37.8 Å². The number of nitrogens with zero attached hydrogens (tertiary/aromatic N) is 8. The Morgan fingerprint density at radius 1 is 0.377 bits per heavy atom. The largest absolute Gasteiger partial charge is 0.487 e. The zero-order valence-corrected chi connectivity index (χ0v) is 86.4. The summed E-state index contributed by atoms with van der Waals surface area (Å²) in [6.07, 6.45) is -7.68. The van der Waals surface area contributed by atoms with Crippen LogP contribution >= 0.6 is 0 Å². The average molecular weight is 2120 g/mol. The molecule has 8 aliphatic rings. The predicted octanol–water partition coefficient (Wildman–Crippen LogP) is 21.3. The zero-order chi connectivity index (χ0) is 108. The number of ketones is 4. The third kappa shape index (κ3) is 24.3. The number of ether oxygens (including phenoxy) is 4. The molecule has 0 bridgehead atoms. The van der Waals surface area contributed by atoms with E-state index in [0.717, 1.165) is 47.4 Å². The van der Waals surface area contributed by atoms with Crippen molar-refractivity contribution in [3.63, 3.8) is 0 Å². The first-order chi connectivity index (χ1) is 67.6. The number of hydrogen-bond donors (Lipinski definition) is 0. The first-order valence-electron chi connectivity index (χ1n) is 47.2. The molecule has 16 rings (SSSR count). The number of alkyl halides is 10. The Morgan fingerprint density at radius 2 is 0.678 bits per heavy atom. The highest BCUT2D eigenvalue weighted by molar-refractivity contribution is 7.92. The van der Waals surface area contributed by atoms with Crippen molar-refractivity contribution in [2.75, 3.05) is 85.4 Å². The third-order valence-corrected chi connectivity index (χ3v) is 35.7. The second kappa shape index (κ2) is 41.5. The number of carbonyl (C=O) groups excluding carboxylic acids is 6. The Bertz CT molecular complexity index is 6970. The van der Waals surface area contributed by atoms with Gasteiger partial charge in [-0.1, -0.05) is 68.5 Å². The number of carbonyl (C=O) groups is 6. The number of fused-ring (bicyclic) bond motifs is 4.